The van der Waals surface area contributed by atoms with Gasteiger partial charge in [-0.1, -0.05) is 12.1 Å². The van der Waals surface area contributed by atoms with Crippen molar-refractivity contribution in [2.75, 3.05) is 33.3 Å². The minimum atomic E-state index is 0.0997. The van der Waals surface area contributed by atoms with Crippen molar-refractivity contribution in [3.8, 4) is 5.75 Å². The Labute approximate surface area is 128 Å². The molecule has 0 spiro atoms. The maximum Gasteiger partial charge on any atom is 0.119 e. The van der Waals surface area contributed by atoms with Crippen molar-refractivity contribution in [1.29, 1.82) is 0 Å². The predicted molar refractivity (Wildman–Crippen MR) is 87.7 cm³/mol. The first kappa shape index (κ1) is 16.3. The highest BCUT2D eigenvalue weighted by Gasteiger charge is 2.28. The number of rotatable bonds is 5. The molecule has 1 aromatic carbocycles. The summed E-state index contributed by atoms with van der Waals surface area (Å²) in [6, 6.07) is 9.29. The molecule has 4 nitrogen and oxygen atoms in total. The Morgan fingerprint density at radius 2 is 1.67 bits per heavy atom. The van der Waals surface area contributed by atoms with E-state index in [4.69, 9.17) is 10.5 Å². The maximum atomic E-state index is 6.29. The van der Waals surface area contributed by atoms with Crippen molar-refractivity contribution < 1.29 is 4.74 Å². The summed E-state index contributed by atoms with van der Waals surface area (Å²) in [5, 5.41) is 0. The van der Waals surface area contributed by atoms with E-state index in [1.807, 2.05) is 12.1 Å². The van der Waals surface area contributed by atoms with Crippen LogP contribution in [0.1, 0.15) is 32.4 Å². The normalized spacial score (nSPS) is 20.5. The zero-order valence-electron chi connectivity index (χ0n) is 13.7. The van der Waals surface area contributed by atoms with Gasteiger partial charge in [-0.2, -0.15) is 0 Å². The van der Waals surface area contributed by atoms with E-state index in [9.17, 15) is 0 Å². The summed E-state index contributed by atoms with van der Waals surface area (Å²) < 4.78 is 5.35. The van der Waals surface area contributed by atoms with Gasteiger partial charge in [-0.25, -0.2) is 0 Å². The summed E-state index contributed by atoms with van der Waals surface area (Å²) in [4.78, 5) is 5.04. The molecule has 118 valence electrons. The molecule has 0 aliphatic carbocycles. The van der Waals surface area contributed by atoms with E-state index in [-0.39, 0.29) is 12.1 Å². The van der Waals surface area contributed by atoms with Crippen LogP contribution in [0.25, 0.3) is 0 Å². The Bertz CT molecular complexity index is 439. The topological polar surface area (TPSA) is 41.7 Å². The van der Waals surface area contributed by atoms with Gasteiger partial charge in [-0.3, -0.25) is 9.80 Å². The summed E-state index contributed by atoms with van der Waals surface area (Å²) in [7, 11) is 1.71. The maximum absolute atomic E-state index is 6.29. The SMILES string of the molecule is COc1cccc(C(C(C)N)N2CCN(C(C)C)CC2)c1. The van der Waals surface area contributed by atoms with Gasteiger partial charge in [0.05, 0.1) is 7.11 Å². The number of methoxy groups -OCH3 is 1. The standard InChI is InChI=1S/C17H29N3O/c1-13(2)19-8-10-20(11-9-19)17(14(3)18)15-6-5-7-16(12-15)21-4/h5-7,12-14,17H,8-11,18H2,1-4H3. The van der Waals surface area contributed by atoms with E-state index in [0.717, 1.165) is 31.9 Å². The summed E-state index contributed by atoms with van der Waals surface area (Å²) in [6.45, 7) is 11.0. The molecule has 2 atom stereocenters. The van der Waals surface area contributed by atoms with Crippen LogP contribution in [0.2, 0.25) is 0 Å². The Hall–Kier alpha value is -1.10. The fraction of sp³-hybridized carbons (Fsp3) is 0.647. The highest BCUT2D eigenvalue weighted by atomic mass is 16.5. The van der Waals surface area contributed by atoms with Crippen LogP contribution in [0.15, 0.2) is 24.3 Å². The van der Waals surface area contributed by atoms with E-state index in [2.05, 4.69) is 42.7 Å². The third-order valence-corrected chi connectivity index (χ3v) is 4.41. The van der Waals surface area contributed by atoms with Crippen molar-refractivity contribution in [2.24, 2.45) is 5.73 Å². The molecule has 2 unspecified atom stereocenters. The quantitative estimate of drug-likeness (QED) is 0.902. The van der Waals surface area contributed by atoms with Crippen LogP contribution in [0, 0.1) is 0 Å². The highest BCUT2D eigenvalue weighted by molar-refractivity contribution is 5.31. The van der Waals surface area contributed by atoms with Crippen LogP contribution in [-0.4, -0.2) is 55.2 Å². The van der Waals surface area contributed by atoms with Gasteiger partial charge in [0.25, 0.3) is 0 Å². The lowest BCUT2D eigenvalue weighted by Gasteiger charge is -2.42. The number of hydrogen-bond donors (Lipinski definition) is 1. The fourth-order valence-corrected chi connectivity index (χ4v) is 3.20. The van der Waals surface area contributed by atoms with Crippen LogP contribution >= 0.6 is 0 Å². The summed E-state index contributed by atoms with van der Waals surface area (Å²) >= 11 is 0. The molecular formula is C17H29N3O. The van der Waals surface area contributed by atoms with Gasteiger partial charge in [0.2, 0.25) is 0 Å². The number of nitrogens with zero attached hydrogens (tertiary/aromatic N) is 2. The molecule has 0 aromatic heterocycles. The molecule has 1 aromatic rings. The molecule has 2 N–H and O–H groups in total. The Morgan fingerprint density at radius 1 is 1.05 bits per heavy atom. The molecule has 1 heterocycles. The zero-order chi connectivity index (χ0) is 15.4. The van der Waals surface area contributed by atoms with Crippen LogP contribution < -0.4 is 10.5 Å². The highest BCUT2D eigenvalue weighted by Crippen LogP contribution is 2.27. The molecule has 0 bridgehead atoms. The van der Waals surface area contributed by atoms with E-state index < -0.39 is 0 Å². The van der Waals surface area contributed by atoms with Gasteiger partial charge >= 0.3 is 0 Å². The largest absolute Gasteiger partial charge is 0.497 e. The number of ether oxygens (including phenoxy) is 1. The number of piperazine rings is 1. The third-order valence-electron chi connectivity index (χ3n) is 4.41. The number of benzene rings is 1. The minimum Gasteiger partial charge on any atom is -0.497 e. The average molecular weight is 291 g/mol. The van der Waals surface area contributed by atoms with Gasteiger partial charge < -0.3 is 10.5 Å². The van der Waals surface area contributed by atoms with Crippen LogP contribution in [0.4, 0.5) is 0 Å². The summed E-state index contributed by atoms with van der Waals surface area (Å²) in [5.74, 6) is 0.902. The number of hydrogen-bond acceptors (Lipinski definition) is 4. The molecule has 1 saturated heterocycles. The molecule has 1 aliphatic heterocycles. The van der Waals surface area contributed by atoms with Crippen LogP contribution in [-0.2, 0) is 0 Å². The van der Waals surface area contributed by atoms with Gasteiger partial charge in [-0.15, -0.1) is 0 Å². The molecule has 1 aliphatic rings. The first-order valence-corrected chi connectivity index (χ1v) is 7.90. The van der Waals surface area contributed by atoms with Crippen molar-refractivity contribution in [2.45, 2.75) is 38.9 Å². The van der Waals surface area contributed by atoms with E-state index in [1.54, 1.807) is 7.11 Å². The van der Waals surface area contributed by atoms with Crippen LogP contribution in [0.5, 0.6) is 5.75 Å². The molecular weight excluding hydrogens is 262 g/mol. The molecule has 0 radical (unpaired) electrons. The van der Waals surface area contributed by atoms with Crippen molar-refractivity contribution in [3.63, 3.8) is 0 Å². The van der Waals surface area contributed by atoms with Crippen LogP contribution in [0.3, 0.4) is 0 Å². The molecule has 0 saturated carbocycles. The van der Waals surface area contributed by atoms with Gasteiger partial charge in [0, 0.05) is 44.3 Å². The van der Waals surface area contributed by atoms with E-state index >= 15 is 0 Å². The van der Waals surface area contributed by atoms with Crippen molar-refractivity contribution >= 4 is 0 Å². The lowest BCUT2D eigenvalue weighted by Crippen LogP contribution is -2.52. The van der Waals surface area contributed by atoms with E-state index in [1.165, 1.54) is 5.56 Å². The Kier molecular flexibility index (Phi) is 5.62. The monoisotopic (exact) mass is 291 g/mol. The van der Waals surface area contributed by atoms with Gasteiger partial charge in [0.1, 0.15) is 5.75 Å². The second-order valence-electron chi connectivity index (χ2n) is 6.25. The Balaban J connectivity index is 2.13. The Morgan fingerprint density at radius 3 is 2.19 bits per heavy atom. The van der Waals surface area contributed by atoms with Crippen molar-refractivity contribution in [1.82, 2.24) is 9.80 Å². The first-order chi connectivity index (χ1) is 10.0. The third kappa shape index (κ3) is 3.96. The molecule has 21 heavy (non-hydrogen) atoms. The summed E-state index contributed by atoms with van der Waals surface area (Å²) in [6.07, 6.45) is 0. The lowest BCUT2D eigenvalue weighted by molar-refractivity contribution is 0.0704. The first-order valence-electron chi connectivity index (χ1n) is 7.90. The van der Waals surface area contributed by atoms with Gasteiger partial charge in [-0.05, 0) is 38.5 Å². The van der Waals surface area contributed by atoms with Crippen molar-refractivity contribution in [3.05, 3.63) is 29.8 Å². The predicted octanol–water partition coefficient (Wildman–Crippen LogP) is 2.11. The second kappa shape index (κ2) is 7.25. The molecule has 1 fully saturated rings. The molecule has 2 rings (SSSR count). The smallest absolute Gasteiger partial charge is 0.119 e. The number of nitrogens with two attached hydrogens (primary N) is 1. The zero-order valence-corrected chi connectivity index (χ0v) is 13.7. The summed E-state index contributed by atoms with van der Waals surface area (Å²) in [5.41, 5.74) is 7.54. The molecule has 4 heteroatoms. The van der Waals surface area contributed by atoms with Gasteiger partial charge in [0.15, 0.2) is 0 Å². The minimum absolute atomic E-state index is 0.0997. The van der Waals surface area contributed by atoms with E-state index in [0.29, 0.717) is 6.04 Å². The molecule has 0 amide bonds. The fourth-order valence-electron chi connectivity index (χ4n) is 3.20. The average Bonchev–Trinajstić information content (AvgIpc) is 2.48. The second-order valence-corrected chi connectivity index (χ2v) is 6.25. The lowest BCUT2D eigenvalue weighted by atomic mass is 9.98.